The van der Waals surface area contributed by atoms with Gasteiger partial charge >= 0.3 is 6.09 Å². The summed E-state index contributed by atoms with van der Waals surface area (Å²) in [5, 5.41) is 0. The van der Waals surface area contributed by atoms with Crippen LogP contribution in [0.1, 0.15) is 30.5 Å². The van der Waals surface area contributed by atoms with E-state index in [2.05, 4.69) is 36.9 Å². The van der Waals surface area contributed by atoms with E-state index in [9.17, 15) is 4.79 Å². The number of carbonyl (C=O) groups excluding carboxylic acids is 1. The maximum atomic E-state index is 12.4. The minimum absolute atomic E-state index is 0.0617. The van der Waals surface area contributed by atoms with Gasteiger partial charge in [-0.25, -0.2) is 4.79 Å². The normalized spacial score (nSPS) is 20.4. The Morgan fingerprint density at radius 1 is 1.36 bits per heavy atom. The number of rotatable bonds is 2. The number of hydrogen-bond donors (Lipinski definition) is 0. The Bertz CT molecular complexity index is 657. The van der Waals surface area contributed by atoms with Gasteiger partial charge in [0.1, 0.15) is 0 Å². The lowest BCUT2D eigenvalue weighted by Gasteiger charge is -2.37. The highest BCUT2D eigenvalue weighted by atomic mass is 16.6. The molecule has 0 spiro atoms. The van der Waals surface area contributed by atoms with Crippen molar-refractivity contribution in [2.45, 2.75) is 25.8 Å². The Hall–Kier alpha value is -2.29. The summed E-state index contributed by atoms with van der Waals surface area (Å²) in [5.41, 5.74) is 4.75. The fourth-order valence-corrected chi connectivity index (χ4v) is 3.13. The minimum Gasteiger partial charge on any atom is -0.450 e. The van der Waals surface area contributed by atoms with Crippen LogP contribution in [0.2, 0.25) is 0 Å². The van der Waals surface area contributed by atoms with Crippen LogP contribution in [0.3, 0.4) is 0 Å². The Balaban J connectivity index is 2.00. The summed E-state index contributed by atoms with van der Waals surface area (Å²) in [6, 6.07) is 8.30. The van der Waals surface area contributed by atoms with Crippen LogP contribution in [0.15, 0.2) is 60.2 Å². The number of nitrogens with zero attached hydrogens (tertiary/aromatic N) is 1. The van der Waals surface area contributed by atoms with Gasteiger partial charge < -0.3 is 4.74 Å². The molecule has 1 aliphatic carbocycles. The molecule has 0 saturated heterocycles. The average Bonchev–Trinajstić information content (AvgIpc) is 2.55. The molecule has 3 heteroatoms. The van der Waals surface area contributed by atoms with Gasteiger partial charge in [0.15, 0.2) is 0 Å². The molecule has 3 nitrogen and oxygen atoms in total. The zero-order valence-electron chi connectivity index (χ0n) is 12.9. The molecule has 0 saturated carbocycles. The van der Waals surface area contributed by atoms with Gasteiger partial charge in [-0.2, -0.15) is 0 Å². The van der Waals surface area contributed by atoms with Crippen molar-refractivity contribution in [1.82, 2.24) is 4.90 Å². The van der Waals surface area contributed by atoms with Crippen molar-refractivity contribution in [2.24, 2.45) is 0 Å². The zero-order valence-corrected chi connectivity index (χ0v) is 12.9. The first-order valence-corrected chi connectivity index (χ1v) is 7.78. The van der Waals surface area contributed by atoms with Crippen molar-refractivity contribution in [3.8, 4) is 0 Å². The molecule has 0 radical (unpaired) electrons. The summed E-state index contributed by atoms with van der Waals surface area (Å²) in [6.07, 6.45) is 7.75. The van der Waals surface area contributed by atoms with Crippen LogP contribution in [-0.4, -0.2) is 24.1 Å². The average molecular weight is 295 g/mol. The van der Waals surface area contributed by atoms with Gasteiger partial charge in [-0.3, -0.25) is 4.90 Å². The smallest absolute Gasteiger partial charge is 0.410 e. The standard InChI is InChI=1S/C19H21NO2/c1-3-22-19(21)20-13-12-15-6-4-5-7-17(15)18(20)16-10-8-14(2)9-11-16/h4-8,10-11,18H,2-3,9,12-13H2,1H3. The molecule has 114 valence electrons. The minimum atomic E-state index is -0.235. The SMILES string of the molecule is C=C1C=CC(C2c3ccccc3CCN2C(=O)OCC)=CC1. The van der Waals surface area contributed by atoms with E-state index < -0.39 is 0 Å². The zero-order chi connectivity index (χ0) is 15.5. The van der Waals surface area contributed by atoms with Gasteiger partial charge in [0.05, 0.1) is 12.6 Å². The van der Waals surface area contributed by atoms with Crippen molar-refractivity contribution in [2.75, 3.05) is 13.2 Å². The van der Waals surface area contributed by atoms with Crippen molar-refractivity contribution in [3.63, 3.8) is 0 Å². The number of amides is 1. The van der Waals surface area contributed by atoms with Crippen LogP contribution < -0.4 is 0 Å². The third kappa shape index (κ3) is 2.71. The molecule has 0 aromatic heterocycles. The first-order valence-electron chi connectivity index (χ1n) is 7.78. The molecular formula is C19H21NO2. The summed E-state index contributed by atoms with van der Waals surface area (Å²) in [4.78, 5) is 14.2. The Morgan fingerprint density at radius 2 is 2.18 bits per heavy atom. The molecule has 1 atom stereocenters. The van der Waals surface area contributed by atoms with E-state index in [1.54, 1.807) is 0 Å². The number of ether oxygens (including phenoxy) is 1. The van der Waals surface area contributed by atoms with Gasteiger partial charge in [0, 0.05) is 6.54 Å². The van der Waals surface area contributed by atoms with Gasteiger partial charge in [-0.05, 0) is 36.5 Å². The van der Waals surface area contributed by atoms with Crippen LogP contribution in [-0.2, 0) is 11.2 Å². The number of benzene rings is 1. The maximum absolute atomic E-state index is 12.4. The molecule has 1 amide bonds. The molecule has 1 aromatic rings. The quantitative estimate of drug-likeness (QED) is 0.819. The largest absolute Gasteiger partial charge is 0.450 e. The van der Waals surface area contributed by atoms with Crippen LogP contribution in [0.4, 0.5) is 4.79 Å². The van der Waals surface area contributed by atoms with Crippen molar-refractivity contribution in [1.29, 1.82) is 0 Å². The number of hydrogen-bond acceptors (Lipinski definition) is 2. The van der Waals surface area contributed by atoms with Crippen molar-refractivity contribution >= 4 is 6.09 Å². The predicted molar refractivity (Wildman–Crippen MR) is 87.6 cm³/mol. The number of allylic oxidation sites excluding steroid dienone is 3. The summed E-state index contributed by atoms with van der Waals surface area (Å²) in [6.45, 7) is 6.91. The third-order valence-electron chi connectivity index (χ3n) is 4.21. The highest BCUT2D eigenvalue weighted by molar-refractivity contribution is 5.70. The van der Waals surface area contributed by atoms with E-state index in [0.717, 1.165) is 24.0 Å². The molecular weight excluding hydrogens is 274 g/mol. The van der Waals surface area contributed by atoms with Crippen LogP contribution >= 0.6 is 0 Å². The highest BCUT2D eigenvalue weighted by Gasteiger charge is 2.33. The Labute approximate surface area is 131 Å². The molecule has 2 aliphatic rings. The predicted octanol–water partition coefficient (Wildman–Crippen LogP) is 4.18. The van der Waals surface area contributed by atoms with E-state index in [-0.39, 0.29) is 12.1 Å². The Kier molecular flexibility index (Phi) is 4.14. The van der Waals surface area contributed by atoms with E-state index in [1.165, 1.54) is 11.1 Å². The van der Waals surface area contributed by atoms with Crippen molar-refractivity contribution in [3.05, 3.63) is 71.3 Å². The van der Waals surface area contributed by atoms with Gasteiger partial charge in [-0.1, -0.05) is 54.6 Å². The summed E-state index contributed by atoms with van der Waals surface area (Å²) >= 11 is 0. The van der Waals surface area contributed by atoms with Gasteiger partial charge in [-0.15, -0.1) is 0 Å². The van der Waals surface area contributed by atoms with Crippen LogP contribution in [0.5, 0.6) is 0 Å². The molecule has 0 bridgehead atoms. The molecule has 0 fully saturated rings. The number of carbonyl (C=O) groups is 1. The van der Waals surface area contributed by atoms with E-state index in [4.69, 9.17) is 4.74 Å². The second kappa shape index (κ2) is 6.22. The first-order chi connectivity index (χ1) is 10.7. The molecule has 22 heavy (non-hydrogen) atoms. The topological polar surface area (TPSA) is 29.5 Å². The fourth-order valence-electron chi connectivity index (χ4n) is 3.13. The molecule has 1 aliphatic heterocycles. The first kappa shape index (κ1) is 14.6. The lowest BCUT2D eigenvalue weighted by atomic mass is 9.86. The van der Waals surface area contributed by atoms with Crippen LogP contribution in [0, 0.1) is 0 Å². The molecule has 1 aromatic carbocycles. The molecule has 1 heterocycles. The van der Waals surface area contributed by atoms with Gasteiger partial charge in [0.2, 0.25) is 0 Å². The summed E-state index contributed by atoms with van der Waals surface area (Å²) in [5.74, 6) is 0. The van der Waals surface area contributed by atoms with E-state index in [0.29, 0.717) is 13.2 Å². The summed E-state index contributed by atoms with van der Waals surface area (Å²) < 4.78 is 5.26. The maximum Gasteiger partial charge on any atom is 0.410 e. The lowest BCUT2D eigenvalue weighted by molar-refractivity contribution is 0.0936. The molecule has 3 rings (SSSR count). The monoisotopic (exact) mass is 295 g/mol. The highest BCUT2D eigenvalue weighted by Crippen LogP contribution is 2.37. The molecule has 0 N–H and O–H groups in total. The fraction of sp³-hybridized carbons (Fsp3) is 0.316. The van der Waals surface area contributed by atoms with E-state index in [1.807, 2.05) is 24.0 Å². The summed E-state index contributed by atoms with van der Waals surface area (Å²) in [7, 11) is 0. The Morgan fingerprint density at radius 3 is 2.91 bits per heavy atom. The second-order valence-corrected chi connectivity index (χ2v) is 5.64. The number of fused-ring (bicyclic) bond motifs is 1. The second-order valence-electron chi connectivity index (χ2n) is 5.64. The lowest BCUT2D eigenvalue weighted by Crippen LogP contribution is -2.41. The van der Waals surface area contributed by atoms with E-state index >= 15 is 0 Å². The molecule has 1 unspecified atom stereocenters. The van der Waals surface area contributed by atoms with Crippen LogP contribution in [0.25, 0.3) is 0 Å². The van der Waals surface area contributed by atoms with Crippen molar-refractivity contribution < 1.29 is 9.53 Å². The van der Waals surface area contributed by atoms with Gasteiger partial charge in [0.25, 0.3) is 0 Å². The third-order valence-corrected chi connectivity index (χ3v) is 4.21.